The summed E-state index contributed by atoms with van der Waals surface area (Å²) in [5.74, 6) is -0.170. The molecule has 19 heavy (non-hydrogen) atoms. The van der Waals surface area contributed by atoms with E-state index in [0.717, 1.165) is 0 Å². The van der Waals surface area contributed by atoms with Crippen LogP contribution in [0.4, 0.5) is 4.39 Å². The summed E-state index contributed by atoms with van der Waals surface area (Å²) >= 11 is 0. The minimum atomic E-state index is -0.500. The lowest BCUT2D eigenvalue weighted by Crippen LogP contribution is -2.31. The smallest absolute Gasteiger partial charge is 0.321 e. The van der Waals surface area contributed by atoms with Crippen molar-refractivity contribution in [2.45, 2.75) is 26.8 Å². The van der Waals surface area contributed by atoms with Crippen molar-refractivity contribution in [3.63, 3.8) is 0 Å². The summed E-state index contributed by atoms with van der Waals surface area (Å²) < 4.78 is 15.0. The van der Waals surface area contributed by atoms with Crippen LogP contribution in [-0.4, -0.2) is 14.8 Å². The van der Waals surface area contributed by atoms with E-state index in [2.05, 4.69) is 10.2 Å². The van der Waals surface area contributed by atoms with Gasteiger partial charge in [0.1, 0.15) is 5.82 Å². The Hall–Kier alpha value is -1.95. The molecule has 0 bridgehead atoms. The molecule has 0 fully saturated rings. The van der Waals surface area contributed by atoms with E-state index in [1.807, 2.05) is 20.8 Å². The van der Waals surface area contributed by atoms with Crippen LogP contribution in [0.1, 0.15) is 32.6 Å². The number of aromatic nitrogens is 3. The number of nitrogens with two attached hydrogens (primary N) is 1. The fourth-order valence-electron chi connectivity index (χ4n) is 1.77. The zero-order chi connectivity index (χ0) is 14.2. The van der Waals surface area contributed by atoms with Crippen LogP contribution in [0.3, 0.4) is 0 Å². The van der Waals surface area contributed by atoms with Crippen LogP contribution in [0, 0.1) is 11.2 Å². The van der Waals surface area contributed by atoms with Crippen molar-refractivity contribution >= 4 is 0 Å². The van der Waals surface area contributed by atoms with Crippen LogP contribution >= 0.6 is 0 Å². The lowest BCUT2D eigenvalue weighted by Gasteiger charge is -2.26. The van der Waals surface area contributed by atoms with Crippen molar-refractivity contribution in [3.05, 3.63) is 46.4 Å². The maximum absolute atomic E-state index is 13.8. The standard InChI is InChI=1S/C13H17FN4O/c1-13(2,3)10(15)11-16-17-12(19)18(11)9-7-5-4-6-8(9)14/h4-7,10H,15H2,1-3H3,(H,17,19)/t10-/m1/s1. The van der Waals surface area contributed by atoms with Gasteiger partial charge in [0.15, 0.2) is 5.82 Å². The Morgan fingerprint density at radius 1 is 1.37 bits per heavy atom. The molecule has 0 spiro atoms. The molecule has 102 valence electrons. The van der Waals surface area contributed by atoms with E-state index in [4.69, 9.17) is 5.73 Å². The average molecular weight is 264 g/mol. The first-order valence-electron chi connectivity index (χ1n) is 6.00. The Labute approximate surface area is 110 Å². The molecule has 0 aliphatic heterocycles. The van der Waals surface area contributed by atoms with Gasteiger partial charge >= 0.3 is 5.69 Å². The fourth-order valence-corrected chi connectivity index (χ4v) is 1.77. The molecule has 6 heteroatoms. The third-order valence-corrected chi connectivity index (χ3v) is 3.00. The topological polar surface area (TPSA) is 76.7 Å². The zero-order valence-electron chi connectivity index (χ0n) is 11.1. The molecule has 5 nitrogen and oxygen atoms in total. The van der Waals surface area contributed by atoms with Gasteiger partial charge in [0, 0.05) is 0 Å². The predicted octanol–water partition coefficient (Wildman–Crippen LogP) is 1.75. The molecule has 2 rings (SSSR count). The number of nitrogens with one attached hydrogen (secondary N) is 1. The van der Waals surface area contributed by atoms with E-state index < -0.39 is 17.5 Å². The molecule has 0 aliphatic carbocycles. The lowest BCUT2D eigenvalue weighted by molar-refractivity contribution is 0.312. The van der Waals surface area contributed by atoms with Gasteiger partial charge in [0.05, 0.1) is 11.7 Å². The highest BCUT2D eigenvalue weighted by molar-refractivity contribution is 5.34. The average Bonchev–Trinajstić information content (AvgIpc) is 2.69. The quantitative estimate of drug-likeness (QED) is 0.867. The van der Waals surface area contributed by atoms with Crippen LogP contribution in [-0.2, 0) is 0 Å². The van der Waals surface area contributed by atoms with E-state index in [1.54, 1.807) is 12.1 Å². The molecule has 1 heterocycles. The van der Waals surface area contributed by atoms with Gasteiger partial charge in [-0.3, -0.25) is 0 Å². The Morgan fingerprint density at radius 2 is 2.00 bits per heavy atom. The third-order valence-electron chi connectivity index (χ3n) is 3.00. The zero-order valence-corrected chi connectivity index (χ0v) is 11.1. The van der Waals surface area contributed by atoms with Gasteiger partial charge in [-0.1, -0.05) is 32.9 Å². The van der Waals surface area contributed by atoms with Crippen molar-refractivity contribution in [3.8, 4) is 5.69 Å². The van der Waals surface area contributed by atoms with Crippen LogP contribution in [0.15, 0.2) is 29.1 Å². The number of nitrogens with zero attached hydrogens (tertiary/aromatic N) is 2. The van der Waals surface area contributed by atoms with Crippen molar-refractivity contribution in [1.29, 1.82) is 0 Å². The van der Waals surface area contributed by atoms with Crippen molar-refractivity contribution in [2.75, 3.05) is 0 Å². The van der Waals surface area contributed by atoms with E-state index in [-0.39, 0.29) is 11.1 Å². The van der Waals surface area contributed by atoms with Crippen LogP contribution < -0.4 is 11.4 Å². The summed E-state index contributed by atoms with van der Waals surface area (Å²) in [5, 5.41) is 6.26. The molecule has 0 saturated heterocycles. The maximum Gasteiger partial charge on any atom is 0.348 e. The normalized spacial score (nSPS) is 13.5. The largest absolute Gasteiger partial charge is 0.348 e. The highest BCUT2D eigenvalue weighted by Gasteiger charge is 2.28. The van der Waals surface area contributed by atoms with E-state index in [9.17, 15) is 9.18 Å². The molecule has 1 aromatic carbocycles. The highest BCUT2D eigenvalue weighted by Crippen LogP contribution is 2.29. The van der Waals surface area contributed by atoms with Gasteiger partial charge in [-0.15, -0.1) is 0 Å². The van der Waals surface area contributed by atoms with Gasteiger partial charge in [0.25, 0.3) is 0 Å². The van der Waals surface area contributed by atoms with Gasteiger partial charge < -0.3 is 5.73 Å². The van der Waals surface area contributed by atoms with Gasteiger partial charge in [-0.25, -0.2) is 18.9 Å². The van der Waals surface area contributed by atoms with Crippen LogP contribution in [0.25, 0.3) is 5.69 Å². The Kier molecular flexibility index (Phi) is 3.28. The number of aromatic amines is 1. The number of halogens is 1. The predicted molar refractivity (Wildman–Crippen MR) is 70.5 cm³/mol. The summed E-state index contributed by atoms with van der Waals surface area (Å²) in [7, 11) is 0. The summed E-state index contributed by atoms with van der Waals surface area (Å²) in [6.07, 6.45) is 0. The Bertz CT molecular complexity index is 639. The number of hydrogen-bond donors (Lipinski definition) is 2. The Balaban J connectivity index is 2.63. The number of para-hydroxylation sites is 1. The molecule has 2 aromatic rings. The number of H-pyrrole nitrogens is 1. The first-order chi connectivity index (χ1) is 8.82. The summed E-state index contributed by atoms with van der Waals surface area (Å²) in [4.78, 5) is 11.8. The molecule has 0 radical (unpaired) electrons. The van der Waals surface area contributed by atoms with Crippen molar-refractivity contribution in [2.24, 2.45) is 11.1 Å². The number of rotatable bonds is 2. The minimum Gasteiger partial charge on any atom is -0.321 e. The summed E-state index contributed by atoms with van der Waals surface area (Å²) in [6.45, 7) is 5.80. The van der Waals surface area contributed by atoms with E-state index >= 15 is 0 Å². The number of benzene rings is 1. The van der Waals surface area contributed by atoms with Gasteiger partial charge in [-0.2, -0.15) is 5.10 Å². The minimum absolute atomic E-state index is 0.149. The van der Waals surface area contributed by atoms with Crippen molar-refractivity contribution in [1.82, 2.24) is 14.8 Å². The second-order valence-electron chi connectivity index (χ2n) is 5.52. The summed E-state index contributed by atoms with van der Waals surface area (Å²) in [6, 6.07) is 5.54. The second-order valence-corrected chi connectivity index (χ2v) is 5.52. The van der Waals surface area contributed by atoms with E-state index in [1.165, 1.54) is 16.7 Å². The lowest BCUT2D eigenvalue weighted by atomic mass is 9.87. The SMILES string of the molecule is CC(C)(C)[C@H](N)c1n[nH]c(=O)n1-c1ccccc1F. The molecule has 1 atom stereocenters. The first-order valence-corrected chi connectivity index (χ1v) is 6.00. The first kappa shape index (κ1) is 13.5. The highest BCUT2D eigenvalue weighted by atomic mass is 19.1. The monoisotopic (exact) mass is 264 g/mol. The Morgan fingerprint density at radius 3 is 2.58 bits per heavy atom. The summed E-state index contributed by atoms with van der Waals surface area (Å²) in [5.41, 5.74) is 5.46. The van der Waals surface area contributed by atoms with Crippen molar-refractivity contribution < 1.29 is 4.39 Å². The van der Waals surface area contributed by atoms with Gasteiger partial charge in [-0.05, 0) is 17.5 Å². The molecule has 0 unspecified atom stereocenters. The molecule has 3 N–H and O–H groups in total. The molecular weight excluding hydrogens is 247 g/mol. The molecule has 1 aromatic heterocycles. The fraction of sp³-hybridized carbons (Fsp3) is 0.385. The van der Waals surface area contributed by atoms with E-state index in [0.29, 0.717) is 5.82 Å². The number of hydrogen-bond acceptors (Lipinski definition) is 3. The molecular formula is C13H17FN4O. The van der Waals surface area contributed by atoms with Crippen LogP contribution in [0.5, 0.6) is 0 Å². The van der Waals surface area contributed by atoms with Gasteiger partial charge in [0.2, 0.25) is 0 Å². The maximum atomic E-state index is 13.8. The third kappa shape index (κ3) is 2.44. The molecule has 0 aliphatic rings. The van der Waals surface area contributed by atoms with Crippen LogP contribution in [0.2, 0.25) is 0 Å². The molecule has 0 amide bonds. The molecule has 0 saturated carbocycles. The second kappa shape index (κ2) is 4.62.